The molecule has 1 N–H and O–H groups in total. The molecule has 1 aromatic heterocycles. The predicted molar refractivity (Wildman–Crippen MR) is 68.4 cm³/mol. The number of aliphatic hydroxyl groups excluding tert-OH is 1. The molecule has 0 aliphatic heterocycles. The molecule has 90 valence electrons. The molecule has 0 bridgehead atoms. The van der Waals surface area contributed by atoms with E-state index in [0.717, 1.165) is 22.6 Å². The van der Waals surface area contributed by atoms with Gasteiger partial charge < -0.3 is 5.11 Å². The molecule has 0 aliphatic carbocycles. The molecular weight excluding hydrogens is 212 g/mol. The summed E-state index contributed by atoms with van der Waals surface area (Å²) in [6.07, 6.45) is -0.425. The quantitative estimate of drug-likeness (QED) is 0.861. The third-order valence-electron chi connectivity index (χ3n) is 3.27. The van der Waals surface area contributed by atoms with Gasteiger partial charge in [-0.2, -0.15) is 5.10 Å². The molecule has 0 saturated heterocycles. The summed E-state index contributed by atoms with van der Waals surface area (Å²) in [5.41, 5.74) is 5.40. The van der Waals surface area contributed by atoms with E-state index in [4.69, 9.17) is 0 Å². The second kappa shape index (κ2) is 4.34. The van der Waals surface area contributed by atoms with Gasteiger partial charge in [0.1, 0.15) is 0 Å². The maximum Gasteiger partial charge on any atom is 0.0761 e. The number of aliphatic hydroxyl groups is 1. The summed E-state index contributed by atoms with van der Waals surface area (Å²) < 4.78 is 1.94. The Bertz CT molecular complexity index is 524. The summed E-state index contributed by atoms with van der Waals surface area (Å²) in [5.74, 6) is 0. The van der Waals surface area contributed by atoms with Crippen LogP contribution in [0.15, 0.2) is 24.3 Å². The van der Waals surface area contributed by atoms with Gasteiger partial charge in [-0.05, 0) is 51.0 Å². The van der Waals surface area contributed by atoms with E-state index in [9.17, 15) is 5.11 Å². The summed E-state index contributed by atoms with van der Waals surface area (Å²) in [5, 5.41) is 14.0. The molecule has 3 heteroatoms. The van der Waals surface area contributed by atoms with E-state index >= 15 is 0 Å². The van der Waals surface area contributed by atoms with Crippen LogP contribution in [0.4, 0.5) is 0 Å². The normalized spacial score (nSPS) is 12.8. The van der Waals surface area contributed by atoms with Gasteiger partial charge in [0.2, 0.25) is 0 Å². The summed E-state index contributed by atoms with van der Waals surface area (Å²) in [6, 6.07) is 7.85. The fourth-order valence-corrected chi connectivity index (χ4v) is 1.87. The van der Waals surface area contributed by atoms with Gasteiger partial charge in [-0.3, -0.25) is 0 Å². The molecule has 1 aromatic carbocycles. The molecule has 0 saturated carbocycles. The van der Waals surface area contributed by atoms with Gasteiger partial charge in [0, 0.05) is 5.69 Å². The number of hydrogen-bond donors (Lipinski definition) is 1. The SMILES string of the molecule is Cc1nn(-c2ccc([C@H](C)O)cc2)c(C)c1C. The van der Waals surface area contributed by atoms with E-state index in [1.54, 1.807) is 6.92 Å². The number of nitrogens with zero attached hydrogens (tertiary/aromatic N) is 2. The lowest BCUT2D eigenvalue weighted by atomic mass is 10.1. The third-order valence-corrected chi connectivity index (χ3v) is 3.27. The van der Waals surface area contributed by atoms with Gasteiger partial charge in [-0.15, -0.1) is 0 Å². The highest BCUT2D eigenvalue weighted by atomic mass is 16.3. The maximum absolute atomic E-state index is 9.47. The molecule has 3 nitrogen and oxygen atoms in total. The molecule has 1 heterocycles. The van der Waals surface area contributed by atoms with Crippen molar-refractivity contribution in [1.29, 1.82) is 0 Å². The zero-order chi connectivity index (χ0) is 12.6. The number of aromatic nitrogens is 2. The molecule has 0 unspecified atom stereocenters. The maximum atomic E-state index is 9.47. The van der Waals surface area contributed by atoms with Crippen molar-refractivity contribution >= 4 is 0 Å². The van der Waals surface area contributed by atoms with E-state index in [1.165, 1.54) is 5.56 Å². The first kappa shape index (κ1) is 11.9. The highest BCUT2D eigenvalue weighted by molar-refractivity contribution is 5.38. The van der Waals surface area contributed by atoms with E-state index in [1.807, 2.05) is 35.9 Å². The minimum Gasteiger partial charge on any atom is -0.389 e. The van der Waals surface area contributed by atoms with Crippen LogP contribution in [0, 0.1) is 20.8 Å². The molecule has 2 aromatic rings. The minimum absolute atomic E-state index is 0.425. The van der Waals surface area contributed by atoms with Crippen LogP contribution >= 0.6 is 0 Å². The first-order valence-corrected chi connectivity index (χ1v) is 5.82. The number of aryl methyl sites for hydroxylation is 1. The van der Waals surface area contributed by atoms with Crippen molar-refractivity contribution in [1.82, 2.24) is 9.78 Å². The van der Waals surface area contributed by atoms with Crippen LogP contribution < -0.4 is 0 Å². The van der Waals surface area contributed by atoms with Gasteiger partial charge in [0.25, 0.3) is 0 Å². The van der Waals surface area contributed by atoms with Crippen molar-refractivity contribution in [2.75, 3.05) is 0 Å². The highest BCUT2D eigenvalue weighted by Crippen LogP contribution is 2.19. The molecule has 2 rings (SSSR count). The van der Waals surface area contributed by atoms with Crippen LogP contribution in [0.25, 0.3) is 5.69 Å². The molecular formula is C14H18N2O. The van der Waals surface area contributed by atoms with Crippen LogP contribution in [-0.2, 0) is 0 Å². The Morgan fingerprint density at radius 1 is 1.12 bits per heavy atom. The van der Waals surface area contributed by atoms with E-state index in [0.29, 0.717) is 0 Å². The van der Waals surface area contributed by atoms with Crippen molar-refractivity contribution in [2.24, 2.45) is 0 Å². The fraction of sp³-hybridized carbons (Fsp3) is 0.357. The summed E-state index contributed by atoms with van der Waals surface area (Å²) in [7, 11) is 0. The van der Waals surface area contributed by atoms with Crippen molar-refractivity contribution in [3.05, 3.63) is 46.8 Å². The zero-order valence-electron chi connectivity index (χ0n) is 10.7. The van der Waals surface area contributed by atoms with Crippen LogP contribution in [0.2, 0.25) is 0 Å². The van der Waals surface area contributed by atoms with Crippen LogP contribution in [0.1, 0.15) is 35.5 Å². The molecule has 0 fully saturated rings. The second-order valence-corrected chi connectivity index (χ2v) is 4.48. The van der Waals surface area contributed by atoms with E-state index in [-0.39, 0.29) is 0 Å². The van der Waals surface area contributed by atoms with Gasteiger partial charge in [0.05, 0.1) is 17.5 Å². The van der Waals surface area contributed by atoms with Crippen molar-refractivity contribution in [2.45, 2.75) is 33.8 Å². The molecule has 17 heavy (non-hydrogen) atoms. The lowest BCUT2D eigenvalue weighted by Gasteiger charge is -2.08. The zero-order valence-corrected chi connectivity index (χ0v) is 10.7. The Morgan fingerprint density at radius 3 is 2.12 bits per heavy atom. The second-order valence-electron chi connectivity index (χ2n) is 4.48. The lowest BCUT2D eigenvalue weighted by molar-refractivity contribution is 0.199. The van der Waals surface area contributed by atoms with Gasteiger partial charge in [-0.25, -0.2) is 4.68 Å². The average molecular weight is 230 g/mol. The standard InChI is InChI=1S/C14H18N2O/c1-9-10(2)15-16(11(9)3)14-7-5-13(6-8-14)12(4)17/h5-8,12,17H,1-4H3/t12-/m0/s1. The Kier molecular flexibility index (Phi) is 3.03. The summed E-state index contributed by atoms with van der Waals surface area (Å²) in [4.78, 5) is 0. The van der Waals surface area contributed by atoms with Crippen LogP contribution in [0.5, 0.6) is 0 Å². The van der Waals surface area contributed by atoms with Gasteiger partial charge in [0.15, 0.2) is 0 Å². The number of hydrogen-bond acceptors (Lipinski definition) is 2. The summed E-state index contributed by atoms with van der Waals surface area (Å²) >= 11 is 0. The first-order valence-electron chi connectivity index (χ1n) is 5.82. The number of rotatable bonds is 2. The monoisotopic (exact) mass is 230 g/mol. The largest absolute Gasteiger partial charge is 0.389 e. The molecule has 0 aliphatic rings. The van der Waals surface area contributed by atoms with Crippen molar-refractivity contribution in [3.8, 4) is 5.69 Å². The van der Waals surface area contributed by atoms with Crippen LogP contribution in [0.3, 0.4) is 0 Å². The average Bonchev–Trinajstić information content (AvgIpc) is 2.57. The summed E-state index contributed by atoms with van der Waals surface area (Å²) in [6.45, 7) is 7.93. The van der Waals surface area contributed by atoms with E-state index < -0.39 is 6.10 Å². The Hall–Kier alpha value is -1.61. The van der Waals surface area contributed by atoms with Crippen LogP contribution in [-0.4, -0.2) is 14.9 Å². The molecule has 0 spiro atoms. The highest BCUT2D eigenvalue weighted by Gasteiger charge is 2.09. The first-order chi connectivity index (χ1) is 8.00. The fourth-order valence-electron chi connectivity index (χ4n) is 1.87. The minimum atomic E-state index is -0.425. The third kappa shape index (κ3) is 2.11. The number of benzene rings is 1. The smallest absolute Gasteiger partial charge is 0.0761 e. The Labute approximate surface area is 102 Å². The van der Waals surface area contributed by atoms with Gasteiger partial charge >= 0.3 is 0 Å². The predicted octanol–water partition coefficient (Wildman–Crippen LogP) is 2.85. The Balaban J connectivity index is 2.43. The molecule has 1 atom stereocenters. The van der Waals surface area contributed by atoms with Gasteiger partial charge in [-0.1, -0.05) is 12.1 Å². The Morgan fingerprint density at radius 2 is 1.71 bits per heavy atom. The van der Waals surface area contributed by atoms with E-state index in [2.05, 4.69) is 18.9 Å². The lowest BCUT2D eigenvalue weighted by Crippen LogP contribution is -2.00. The van der Waals surface area contributed by atoms with Crippen molar-refractivity contribution in [3.63, 3.8) is 0 Å². The molecule has 0 amide bonds. The topological polar surface area (TPSA) is 38.0 Å². The molecule has 0 radical (unpaired) electrons. The van der Waals surface area contributed by atoms with Crippen molar-refractivity contribution < 1.29 is 5.11 Å².